The highest BCUT2D eigenvalue weighted by atomic mass is 32.2. The first-order chi connectivity index (χ1) is 11.9. The Labute approximate surface area is 147 Å². The van der Waals surface area contributed by atoms with Gasteiger partial charge in [0.25, 0.3) is 5.91 Å². The summed E-state index contributed by atoms with van der Waals surface area (Å²) in [5, 5.41) is 7.12. The van der Waals surface area contributed by atoms with E-state index in [-0.39, 0.29) is 29.1 Å². The minimum absolute atomic E-state index is 0.0568. The Kier molecular flexibility index (Phi) is 4.76. The van der Waals surface area contributed by atoms with E-state index < -0.39 is 9.84 Å². The van der Waals surface area contributed by atoms with Crippen molar-refractivity contribution in [2.24, 2.45) is 0 Å². The van der Waals surface area contributed by atoms with Gasteiger partial charge in [-0.1, -0.05) is 35.9 Å². The zero-order valence-corrected chi connectivity index (χ0v) is 14.9. The Morgan fingerprint density at radius 1 is 1.40 bits per heavy atom. The number of carbonyl (C=O) groups excluding carboxylic acids is 1. The summed E-state index contributed by atoms with van der Waals surface area (Å²) < 4.78 is 25.4. The van der Waals surface area contributed by atoms with Gasteiger partial charge in [-0.15, -0.1) is 6.58 Å². The number of rotatable bonds is 5. The second-order valence-corrected chi connectivity index (χ2v) is 8.51. The van der Waals surface area contributed by atoms with Crippen molar-refractivity contribution in [1.82, 2.24) is 15.1 Å². The van der Waals surface area contributed by atoms with Crippen molar-refractivity contribution >= 4 is 15.7 Å². The molecule has 7 heteroatoms. The fraction of sp³-hybridized carbons (Fsp3) is 0.333. The number of hydrogen-bond acceptors (Lipinski definition) is 4. The van der Waals surface area contributed by atoms with E-state index in [9.17, 15) is 13.2 Å². The number of nitrogens with zero attached hydrogens (tertiary/aromatic N) is 2. The molecule has 0 spiro atoms. The normalized spacial score (nSPS) is 18.8. The second-order valence-electron chi connectivity index (χ2n) is 6.28. The third-order valence-electron chi connectivity index (χ3n) is 4.28. The van der Waals surface area contributed by atoms with Gasteiger partial charge in [0, 0.05) is 6.54 Å². The number of sulfone groups is 1. The molecule has 25 heavy (non-hydrogen) atoms. The first kappa shape index (κ1) is 17.4. The predicted molar refractivity (Wildman–Crippen MR) is 97.2 cm³/mol. The van der Waals surface area contributed by atoms with Crippen molar-refractivity contribution in [1.29, 1.82) is 0 Å². The molecule has 1 amide bonds. The lowest BCUT2D eigenvalue weighted by Crippen LogP contribution is -2.24. The number of aryl methyl sites for hydroxylation is 1. The van der Waals surface area contributed by atoms with Gasteiger partial charge in [0.05, 0.1) is 23.2 Å². The lowest BCUT2D eigenvalue weighted by atomic mass is 10.1. The average Bonchev–Trinajstić information content (AvgIpc) is 3.16. The summed E-state index contributed by atoms with van der Waals surface area (Å²) in [6.07, 6.45) is 2.11. The van der Waals surface area contributed by atoms with Gasteiger partial charge in [0.15, 0.2) is 15.5 Å². The summed E-state index contributed by atoms with van der Waals surface area (Å²) in [6, 6.07) is 9.34. The quantitative estimate of drug-likeness (QED) is 0.829. The van der Waals surface area contributed by atoms with Gasteiger partial charge < -0.3 is 5.32 Å². The molecule has 1 saturated heterocycles. The molecule has 0 saturated carbocycles. The molecule has 0 bridgehead atoms. The monoisotopic (exact) mass is 359 g/mol. The summed E-state index contributed by atoms with van der Waals surface area (Å²) in [7, 11) is -3.05. The molecule has 2 aromatic rings. The maximum Gasteiger partial charge on any atom is 0.272 e. The van der Waals surface area contributed by atoms with Crippen LogP contribution in [0.2, 0.25) is 0 Å². The van der Waals surface area contributed by atoms with E-state index in [0.717, 1.165) is 16.8 Å². The van der Waals surface area contributed by atoms with Crippen molar-refractivity contribution in [3.05, 3.63) is 54.2 Å². The standard InChI is InChI=1S/C18H21N3O3S/c1-3-9-19-18(22)16-11-17(14-6-4-13(2)5-7-14)21(20-16)15-8-10-25(23,24)12-15/h3-7,11,15H,1,8-10,12H2,2H3,(H,19,22)/t15-/m1/s1. The maximum absolute atomic E-state index is 12.2. The molecule has 3 rings (SSSR count). The Morgan fingerprint density at radius 3 is 2.72 bits per heavy atom. The van der Waals surface area contributed by atoms with E-state index in [1.165, 1.54) is 0 Å². The minimum Gasteiger partial charge on any atom is -0.347 e. The van der Waals surface area contributed by atoms with E-state index in [2.05, 4.69) is 17.0 Å². The molecular formula is C18H21N3O3S. The van der Waals surface area contributed by atoms with Crippen LogP contribution in [0.5, 0.6) is 0 Å². The van der Waals surface area contributed by atoms with Crippen molar-refractivity contribution in [2.45, 2.75) is 19.4 Å². The van der Waals surface area contributed by atoms with E-state index >= 15 is 0 Å². The molecule has 1 fully saturated rings. The van der Waals surface area contributed by atoms with Gasteiger partial charge in [-0.2, -0.15) is 5.10 Å². The van der Waals surface area contributed by atoms with Crippen LogP contribution in [0.15, 0.2) is 43.0 Å². The first-order valence-electron chi connectivity index (χ1n) is 8.16. The molecule has 1 aliphatic heterocycles. The highest BCUT2D eigenvalue weighted by Gasteiger charge is 2.32. The number of benzene rings is 1. The number of amides is 1. The molecule has 0 unspecified atom stereocenters. The predicted octanol–water partition coefficient (Wildman–Crippen LogP) is 2.13. The molecule has 1 aromatic carbocycles. The Balaban J connectivity index is 2.01. The van der Waals surface area contributed by atoms with E-state index in [4.69, 9.17) is 0 Å². The van der Waals surface area contributed by atoms with Crippen LogP contribution >= 0.6 is 0 Å². The van der Waals surface area contributed by atoms with Gasteiger partial charge in [0.1, 0.15) is 0 Å². The first-order valence-corrected chi connectivity index (χ1v) is 9.98. The fourth-order valence-electron chi connectivity index (χ4n) is 2.95. The van der Waals surface area contributed by atoms with Gasteiger partial charge in [-0.25, -0.2) is 8.42 Å². The Hall–Kier alpha value is -2.41. The summed E-state index contributed by atoms with van der Waals surface area (Å²) in [5.74, 6) is -0.0859. The number of nitrogens with one attached hydrogen (secondary N) is 1. The molecule has 2 heterocycles. The molecule has 1 aromatic heterocycles. The van der Waals surface area contributed by atoms with Crippen LogP contribution in [0.4, 0.5) is 0 Å². The zero-order valence-electron chi connectivity index (χ0n) is 14.1. The maximum atomic E-state index is 12.2. The lowest BCUT2D eigenvalue weighted by molar-refractivity contribution is 0.0952. The van der Waals surface area contributed by atoms with Crippen molar-refractivity contribution < 1.29 is 13.2 Å². The molecular weight excluding hydrogens is 338 g/mol. The molecule has 132 valence electrons. The van der Waals surface area contributed by atoms with E-state index in [1.807, 2.05) is 31.2 Å². The highest BCUT2D eigenvalue weighted by molar-refractivity contribution is 7.91. The summed E-state index contributed by atoms with van der Waals surface area (Å²) >= 11 is 0. The fourth-order valence-corrected chi connectivity index (χ4v) is 4.64. The topological polar surface area (TPSA) is 81.1 Å². The summed E-state index contributed by atoms with van der Waals surface area (Å²) in [5.41, 5.74) is 3.07. The van der Waals surface area contributed by atoms with Gasteiger partial charge in [0.2, 0.25) is 0 Å². The van der Waals surface area contributed by atoms with Crippen LogP contribution in [0.3, 0.4) is 0 Å². The third kappa shape index (κ3) is 3.82. The summed E-state index contributed by atoms with van der Waals surface area (Å²) in [6.45, 7) is 5.93. The van der Waals surface area contributed by atoms with Gasteiger partial charge in [-0.05, 0) is 25.0 Å². The number of aromatic nitrogens is 2. The highest BCUT2D eigenvalue weighted by Crippen LogP contribution is 2.30. The average molecular weight is 359 g/mol. The van der Waals surface area contributed by atoms with Crippen LogP contribution in [0, 0.1) is 6.92 Å². The molecule has 1 aliphatic rings. The summed E-state index contributed by atoms with van der Waals surface area (Å²) in [4.78, 5) is 12.2. The molecule has 0 aliphatic carbocycles. The van der Waals surface area contributed by atoms with Crippen molar-refractivity contribution in [3.8, 4) is 11.3 Å². The SMILES string of the molecule is C=CCNC(=O)c1cc(-c2ccc(C)cc2)n([C@@H]2CCS(=O)(=O)C2)n1. The van der Waals surface area contributed by atoms with Crippen molar-refractivity contribution in [3.63, 3.8) is 0 Å². The number of hydrogen-bond donors (Lipinski definition) is 1. The lowest BCUT2D eigenvalue weighted by Gasteiger charge is -2.13. The zero-order chi connectivity index (χ0) is 18.0. The Bertz CT molecular complexity index is 898. The largest absolute Gasteiger partial charge is 0.347 e. The second kappa shape index (κ2) is 6.84. The van der Waals surface area contributed by atoms with E-state index in [0.29, 0.717) is 13.0 Å². The molecule has 6 nitrogen and oxygen atoms in total. The number of carbonyl (C=O) groups is 1. The molecule has 1 N–H and O–H groups in total. The third-order valence-corrected chi connectivity index (χ3v) is 6.03. The van der Waals surface area contributed by atoms with Crippen LogP contribution in [-0.2, 0) is 9.84 Å². The van der Waals surface area contributed by atoms with Crippen LogP contribution in [0.1, 0.15) is 28.5 Å². The molecule has 0 radical (unpaired) electrons. The van der Waals surface area contributed by atoms with Gasteiger partial charge in [-0.3, -0.25) is 9.48 Å². The minimum atomic E-state index is -3.05. The van der Waals surface area contributed by atoms with Crippen LogP contribution in [0.25, 0.3) is 11.3 Å². The molecule has 1 atom stereocenters. The Morgan fingerprint density at radius 2 is 2.12 bits per heavy atom. The van der Waals surface area contributed by atoms with Crippen LogP contribution in [-0.4, -0.2) is 42.2 Å². The van der Waals surface area contributed by atoms with E-state index in [1.54, 1.807) is 16.8 Å². The van der Waals surface area contributed by atoms with Crippen LogP contribution < -0.4 is 5.32 Å². The smallest absolute Gasteiger partial charge is 0.272 e. The van der Waals surface area contributed by atoms with Crippen molar-refractivity contribution in [2.75, 3.05) is 18.1 Å². The van der Waals surface area contributed by atoms with Gasteiger partial charge >= 0.3 is 0 Å².